The van der Waals surface area contributed by atoms with Crippen LogP contribution in [-0.4, -0.2) is 28.5 Å². The molecule has 0 aliphatic rings. The van der Waals surface area contributed by atoms with Gasteiger partial charge in [0.15, 0.2) is 5.69 Å². The maximum absolute atomic E-state index is 11.0. The van der Waals surface area contributed by atoms with E-state index in [1.54, 1.807) is 13.8 Å². The van der Waals surface area contributed by atoms with E-state index in [1.807, 2.05) is 0 Å². The number of primary amides is 1. The summed E-state index contributed by atoms with van der Waals surface area (Å²) in [7, 11) is 0. The number of carboxylic acids is 1. The van der Waals surface area contributed by atoms with E-state index >= 15 is 0 Å². The topological polar surface area (TPSA) is 118 Å². The number of oxazole rings is 1. The molecule has 1 aromatic heterocycles. The van der Waals surface area contributed by atoms with Crippen LogP contribution in [0.15, 0.2) is 10.7 Å². The maximum atomic E-state index is 11.0. The molecule has 1 amide bonds. The van der Waals surface area contributed by atoms with Crippen LogP contribution in [0.1, 0.15) is 24.3 Å². The molecule has 0 aliphatic carbocycles. The predicted octanol–water partition coefficient (Wildman–Crippen LogP) is 0.296. The van der Waals surface area contributed by atoms with Crippen molar-refractivity contribution in [1.29, 1.82) is 0 Å². The minimum Gasteiger partial charge on any atom is -0.476 e. The van der Waals surface area contributed by atoms with Crippen molar-refractivity contribution in [2.75, 3.05) is 11.9 Å². The molecule has 7 heteroatoms. The van der Waals surface area contributed by atoms with Crippen LogP contribution in [-0.2, 0) is 4.79 Å². The van der Waals surface area contributed by atoms with Gasteiger partial charge >= 0.3 is 5.97 Å². The first-order chi connectivity index (χ1) is 7.33. The largest absolute Gasteiger partial charge is 0.476 e. The van der Waals surface area contributed by atoms with Crippen LogP contribution in [0.4, 0.5) is 6.01 Å². The molecule has 1 rings (SSSR count). The van der Waals surface area contributed by atoms with Crippen molar-refractivity contribution in [3.05, 3.63) is 12.0 Å². The van der Waals surface area contributed by atoms with Gasteiger partial charge in [-0.05, 0) is 13.8 Å². The van der Waals surface area contributed by atoms with Crippen LogP contribution >= 0.6 is 0 Å². The van der Waals surface area contributed by atoms with Gasteiger partial charge in [-0.25, -0.2) is 4.79 Å². The fourth-order valence-electron chi connectivity index (χ4n) is 0.837. The molecule has 88 valence electrons. The molecular weight excluding hydrogens is 214 g/mol. The lowest BCUT2D eigenvalue weighted by atomic mass is 9.93. The zero-order valence-corrected chi connectivity index (χ0v) is 8.98. The van der Waals surface area contributed by atoms with Gasteiger partial charge in [-0.2, -0.15) is 4.98 Å². The van der Waals surface area contributed by atoms with Gasteiger partial charge in [0.05, 0.1) is 5.41 Å². The summed E-state index contributed by atoms with van der Waals surface area (Å²) in [6, 6.07) is 0.0479. The highest BCUT2D eigenvalue weighted by molar-refractivity contribution is 5.85. The van der Waals surface area contributed by atoms with Crippen LogP contribution in [0.5, 0.6) is 0 Å². The average molecular weight is 227 g/mol. The van der Waals surface area contributed by atoms with E-state index in [4.69, 9.17) is 15.3 Å². The number of hydrogen-bond donors (Lipinski definition) is 3. The lowest BCUT2D eigenvalue weighted by molar-refractivity contribution is -0.125. The molecule has 1 heterocycles. The number of rotatable bonds is 5. The Bertz CT molecular complexity index is 411. The SMILES string of the molecule is CC(C)(CNc1nc(C(=O)O)co1)C(N)=O. The fourth-order valence-corrected chi connectivity index (χ4v) is 0.837. The number of nitrogens with zero attached hydrogens (tertiary/aromatic N) is 1. The van der Waals surface area contributed by atoms with Gasteiger partial charge in [0, 0.05) is 6.54 Å². The molecule has 0 atom stereocenters. The Balaban J connectivity index is 2.61. The highest BCUT2D eigenvalue weighted by Crippen LogP contribution is 2.16. The van der Waals surface area contributed by atoms with Gasteiger partial charge in [0.2, 0.25) is 5.91 Å². The first-order valence-corrected chi connectivity index (χ1v) is 4.55. The second kappa shape index (κ2) is 4.21. The molecule has 0 radical (unpaired) electrons. The van der Waals surface area contributed by atoms with Crippen molar-refractivity contribution in [1.82, 2.24) is 4.98 Å². The molecule has 0 aliphatic heterocycles. The van der Waals surface area contributed by atoms with E-state index in [0.717, 1.165) is 6.26 Å². The van der Waals surface area contributed by atoms with E-state index in [9.17, 15) is 9.59 Å². The Hall–Kier alpha value is -2.05. The molecule has 0 spiro atoms. The molecule has 16 heavy (non-hydrogen) atoms. The van der Waals surface area contributed by atoms with E-state index in [1.165, 1.54) is 0 Å². The quantitative estimate of drug-likeness (QED) is 0.665. The van der Waals surface area contributed by atoms with Crippen molar-refractivity contribution in [2.24, 2.45) is 11.1 Å². The van der Waals surface area contributed by atoms with Crippen LogP contribution in [0, 0.1) is 5.41 Å². The third kappa shape index (κ3) is 2.72. The standard InChI is InChI=1S/C9H13N3O4/c1-9(2,7(10)15)4-11-8-12-5(3-16-8)6(13)14/h3H,4H2,1-2H3,(H2,10,15)(H,11,12)(H,13,14). The average Bonchev–Trinajstić information content (AvgIpc) is 2.63. The number of amides is 1. The summed E-state index contributed by atoms with van der Waals surface area (Å²) in [5.74, 6) is -1.64. The summed E-state index contributed by atoms with van der Waals surface area (Å²) in [5, 5.41) is 11.3. The molecule has 1 aromatic rings. The Kier molecular flexibility index (Phi) is 3.17. The first kappa shape index (κ1) is 12.0. The zero-order valence-electron chi connectivity index (χ0n) is 8.98. The summed E-state index contributed by atoms with van der Waals surface area (Å²) in [4.78, 5) is 25.1. The highest BCUT2D eigenvalue weighted by atomic mass is 16.4. The van der Waals surface area contributed by atoms with Gasteiger partial charge in [-0.3, -0.25) is 4.79 Å². The second-order valence-corrected chi connectivity index (χ2v) is 3.94. The van der Waals surface area contributed by atoms with Crippen molar-refractivity contribution >= 4 is 17.9 Å². The predicted molar refractivity (Wildman–Crippen MR) is 54.9 cm³/mol. The maximum Gasteiger partial charge on any atom is 0.357 e. The first-order valence-electron chi connectivity index (χ1n) is 4.55. The Morgan fingerprint density at radius 2 is 2.25 bits per heavy atom. The number of anilines is 1. The molecule has 0 saturated heterocycles. The summed E-state index contributed by atoms with van der Waals surface area (Å²) in [5.41, 5.74) is 4.20. The number of aromatic nitrogens is 1. The molecule has 0 bridgehead atoms. The highest BCUT2D eigenvalue weighted by Gasteiger charge is 2.25. The monoisotopic (exact) mass is 227 g/mol. The number of carbonyl (C=O) groups excluding carboxylic acids is 1. The minimum atomic E-state index is -1.18. The van der Waals surface area contributed by atoms with Crippen LogP contribution < -0.4 is 11.1 Å². The Morgan fingerprint density at radius 3 is 2.69 bits per heavy atom. The van der Waals surface area contributed by atoms with Crippen molar-refractivity contribution < 1.29 is 19.1 Å². The third-order valence-corrected chi connectivity index (χ3v) is 2.07. The summed E-state index contributed by atoms with van der Waals surface area (Å²) >= 11 is 0. The summed E-state index contributed by atoms with van der Waals surface area (Å²) < 4.78 is 4.85. The number of nitrogens with two attached hydrogens (primary N) is 1. The minimum absolute atomic E-state index is 0.0479. The molecule has 4 N–H and O–H groups in total. The van der Waals surface area contributed by atoms with Crippen LogP contribution in [0.3, 0.4) is 0 Å². The molecule has 0 saturated carbocycles. The Morgan fingerprint density at radius 1 is 1.62 bits per heavy atom. The van der Waals surface area contributed by atoms with E-state index in [-0.39, 0.29) is 18.3 Å². The fraction of sp³-hybridized carbons (Fsp3) is 0.444. The molecule has 0 aromatic carbocycles. The van der Waals surface area contributed by atoms with Gasteiger partial charge in [-0.1, -0.05) is 0 Å². The van der Waals surface area contributed by atoms with Crippen LogP contribution in [0.25, 0.3) is 0 Å². The molecule has 7 nitrogen and oxygen atoms in total. The van der Waals surface area contributed by atoms with E-state index in [2.05, 4.69) is 10.3 Å². The van der Waals surface area contributed by atoms with E-state index < -0.39 is 17.3 Å². The second-order valence-electron chi connectivity index (χ2n) is 3.94. The van der Waals surface area contributed by atoms with Gasteiger partial charge < -0.3 is 20.6 Å². The number of hydrogen-bond acceptors (Lipinski definition) is 5. The van der Waals surface area contributed by atoms with Gasteiger partial charge in [-0.15, -0.1) is 0 Å². The van der Waals surface area contributed by atoms with Gasteiger partial charge in [0.1, 0.15) is 6.26 Å². The lowest BCUT2D eigenvalue weighted by Gasteiger charge is -2.19. The third-order valence-electron chi connectivity index (χ3n) is 2.07. The smallest absolute Gasteiger partial charge is 0.357 e. The number of carbonyl (C=O) groups is 2. The lowest BCUT2D eigenvalue weighted by Crippen LogP contribution is -2.37. The molecule has 0 unspecified atom stereocenters. The molecule has 0 fully saturated rings. The summed E-state index contributed by atoms with van der Waals surface area (Å²) in [6.07, 6.45) is 1.02. The number of nitrogens with one attached hydrogen (secondary N) is 1. The van der Waals surface area contributed by atoms with Crippen molar-refractivity contribution in [3.63, 3.8) is 0 Å². The van der Waals surface area contributed by atoms with Gasteiger partial charge in [0.25, 0.3) is 6.01 Å². The Labute approximate surface area is 91.6 Å². The van der Waals surface area contributed by atoms with Crippen LogP contribution in [0.2, 0.25) is 0 Å². The summed E-state index contributed by atoms with van der Waals surface area (Å²) in [6.45, 7) is 3.52. The van der Waals surface area contributed by atoms with Crippen molar-refractivity contribution in [3.8, 4) is 0 Å². The van der Waals surface area contributed by atoms with Crippen molar-refractivity contribution in [2.45, 2.75) is 13.8 Å². The number of carboxylic acid groups (broad SMARTS) is 1. The van der Waals surface area contributed by atoms with E-state index in [0.29, 0.717) is 0 Å². The number of aromatic carboxylic acids is 1. The zero-order chi connectivity index (χ0) is 12.3. The normalized spacial score (nSPS) is 11.1. The molecular formula is C9H13N3O4.